The van der Waals surface area contributed by atoms with Gasteiger partial charge in [-0.2, -0.15) is 0 Å². The van der Waals surface area contributed by atoms with Crippen LogP contribution >= 0.6 is 0 Å². The molecule has 0 aromatic carbocycles. The zero-order chi connectivity index (χ0) is 31.1. The molecule has 3 rings (SSSR count). The topological polar surface area (TPSA) is 123 Å². The summed E-state index contributed by atoms with van der Waals surface area (Å²) in [6.45, 7) is 10.4. The Labute approximate surface area is 252 Å². The van der Waals surface area contributed by atoms with Crippen LogP contribution in [0.25, 0.3) is 0 Å². The van der Waals surface area contributed by atoms with Gasteiger partial charge in [-0.15, -0.1) is 0 Å². The second kappa shape index (κ2) is 18.0. The van der Waals surface area contributed by atoms with Crippen molar-refractivity contribution in [2.75, 3.05) is 13.7 Å². The number of ether oxygens (including phenoxy) is 2. The summed E-state index contributed by atoms with van der Waals surface area (Å²) < 4.78 is 11.8. The van der Waals surface area contributed by atoms with E-state index in [0.717, 1.165) is 74.8 Å². The molecular weight excluding hydrogens is 530 g/mol. The number of allylic oxidation sites excluding steroid dienone is 7. The van der Waals surface area contributed by atoms with Crippen molar-refractivity contribution in [1.29, 1.82) is 0 Å². The zero-order valence-corrected chi connectivity index (χ0v) is 26.3. The molecule has 42 heavy (non-hydrogen) atoms. The number of ketones is 1. The quantitative estimate of drug-likeness (QED) is 0.115. The van der Waals surface area contributed by atoms with E-state index in [-0.39, 0.29) is 17.8 Å². The number of carboxylic acid groups (broad SMARTS) is 1. The normalized spacial score (nSPS) is 19.1. The number of nitrogens with one attached hydrogen (secondary N) is 2. The lowest BCUT2D eigenvalue weighted by atomic mass is 9.90. The number of methoxy groups -OCH3 is 1. The van der Waals surface area contributed by atoms with Gasteiger partial charge in [0.1, 0.15) is 17.6 Å². The number of dihydropyridines is 1. The summed E-state index contributed by atoms with van der Waals surface area (Å²) in [5.41, 5.74) is 10.7. The van der Waals surface area contributed by atoms with Crippen molar-refractivity contribution in [3.8, 4) is 0 Å². The van der Waals surface area contributed by atoms with Gasteiger partial charge in [0, 0.05) is 24.0 Å². The van der Waals surface area contributed by atoms with Crippen LogP contribution in [-0.2, 0) is 19.1 Å². The van der Waals surface area contributed by atoms with Crippen molar-refractivity contribution in [3.05, 3.63) is 81.9 Å². The lowest BCUT2D eigenvalue weighted by Crippen LogP contribution is -2.30. The molecule has 0 aromatic heterocycles. The fourth-order valence-electron chi connectivity index (χ4n) is 4.81. The zero-order valence-electron chi connectivity index (χ0n) is 26.3. The Morgan fingerprint density at radius 1 is 1.12 bits per heavy atom. The molecular formula is C34H51N3O5. The maximum absolute atomic E-state index is 13.3. The van der Waals surface area contributed by atoms with E-state index in [4.69, 9.17) is 20.3 Å². The van der Waals surface area contributed by atoms with Gasteiger partial charge in [-0.25, -0.2) is 0 Å². The summed E-state index contributed by atoms with van der Waals surface area (Å²) in [6.07, 6.45) is 20.7. The van der Waals surface area contributed by atoms with E-state index in [0.29, 0.717) is 22.9 Å². The molecule has 232 valence electrons. The molecule has 0 radical (unpaired) electrons. The predicted octanol–water partition coefficient (Wildman–Crippen LogP) is 6.66. The van der Waals surface area contributed by atoms with Crippen LogP contribution in [0.1, 0.15) is 92.4 Å². The van der Waals surface area contributed by atoms with Gasteiger partial charge >= 0.3 is 5.97 Å². The second-order valence-corrected chi connectivity index (χ2v) is 11.1. The van der Waals surface area contributed by atoms with Gasteiger partial charge in [-0.3, -0.25) is 9.59 Å². The molecule has 3 aliphatic rings. The standard InChI is InChI=1S/C27H39N3O3.C7H12O2/c1-7-10-18(2)24(32-6)15-14-19(3)26(31)25(20(4)28)30-27(22-11-8-12-22)33-21(5)23-13-9-16-29-17-23;8-7(9)6-4-2-1-3-5-6/h9-10,13-15,17,21,29-30H,7-8,11-12,16,28H2,1-6H3;6H,1-5H2,(H,8,9)/b18-10+,19-14+,24-15+,25-20+;. The second-order valence-electron chi connectivity index (χ2n) is 11.1. The molecule has 1 atom stereocenters. The minimum Gasteiger partial charge on any atom is -0.497 e. The number of nitrogens with two attached hydrogens (primary N) is 1. The third-order valence-electron chi connectivity index (χ3n) is 7.63. The van der Waals surface area contributed by atoms with Crippen molar-refractivity contribution in [2.24, 2.45) is 11.7 Å². The van der Waals surface area contributed by atoms with Crippen LogP contribution in [0.3, 0.4) is 0 Å². The molecule has 2 fully saturated rings. The highest BCUT2D eigenvalue weighted by Crippen LogP contribution is 2.30. The molecule has 8 heteroatoms. The van der Waals surface area contributed by atoms with E-state index >= 15 is 0 Å². The Morgan fingerprint density at radius 3 is 2.29 bits per heavy atom. The molecule has 1 aliphatic heterocycles. The Hall–Kier alpha value is -3.68. The Morgan fingerprint density at radius 2 is 1.81 bits per heavy atom. The largest absolute Gasteiger partial charge is 0.497 e. The van der Waals surface area contributed by atoms with Gasteiger partial charge in [0.2, 0.25) is 5.78 Å². The molecule has 8 nitrogen and oxygen atoms in total. The highest BCUT2D eigenvalue weighted by Gasteiger charge is 2.23. The third kappa shape index (κ3) is 11.0. The smallest absolute Gasteiger partial charge is 0.306 e. The molecule has 1 heterocycles. The summed E-state index contributed by atoms with van der Waals surface area (Å²) in [7, 11) is 1.63. The van der Waals surface area contributed by atoms with Crippen LogP contribution in [-0.4, -0.2) is 36.6 Å². The molecule has 2 aliphatic carbocycles. The predicted molar refractivity (Wildman–Crippen MR) is 169 cm³/mol. The first kappa shape index (κ1) is 34.5. The minimum atomic E-state index is -0.602. The molecule has 0 bridgehead atoms. The number of hydrogen-bond acceptors (Lipinski definition) is 7. The van der Waals surface area contributed by atoms with Crippen LogP contribution in [0.2, 0.25) is 0 Å². The summed E-state index contributed by atoms with van der Waals surface area (Å²) in [4.78, 5) is 23.6. The van der Waals surface area contributed by atoms with E-state index in [1.807, 2.05) is 26.1 Å². The molecule has 0 amide bonds. The van der Waals surface area contributed by atoms with E-state index in [1.165, 1.54) is 12.0 Å². The van der Waals surface area contributed by atoms with Crippen LogP contribution in [0.15, 0.2) is 81.9 Å². The summed E-state index contributed by atoms with van der Waals surface area (Å²) in [5.74, 6) is 0.549. The summed E-state index contributed by atoms with van der Waals surface area (Å²) >= 11 is 0. The first-order valence-electron chi connectivity index (χ1n) is 15.2. The van der Waals surface area contributed by atoms with Crippen LogP contribution in [0, 0.1) is 5.92 Å². The molecule has 0 saturated heterocycles. The average Bonchev–Trinajstić information content (AvgIpc) is 2.96. The monoisotopic (exact) mass is 581 g/mol. The number of hydrogen-bond donors (Lipinski definition) is 4. The van der Waals surface area contributed by atoms with E-state index in [1.54, 1.807) is 27.0 Å². The van der Waals surface area contributed by atoms with Crippen molar-refractivity contribution >= 4 is 11.8 Å². The van der Waals surface area contributed by atoms with Gasteiger partial charge in [-0.05, 0) is 89.0 Å². The molecule has 0 spiro atoms. The van der Waals surface area contributed by atoms with Crippen molar-refractivity contribution in [2.45, 2.75) is 98.5 Å². The first-order chi connectivity index (χ1) is 20.1. The average molecular weight is 582 g/mol. The Kier molecular flexibility index (Phi) is 14.8. The Balaban J connectivity index is 0.000000581. The lowest BCUT2D eigenvalue weighted by molar-refractivity contribution is -0.142. The van der Waals surface area contributed by atoms with Crippen molar-refractivity contribution in [1.82, 2.24) is 10.6 Å². The number of aliphatic carboxylic acids is 1. The van der Waals surface area contributed by atoms with Gasteiger partial charge in [-0.1, -0.05) is 50.5 Å². The van der Waals surface area contributed by atoms with Crippen LogP contribution < -0.4 is 16.4 Å². The maximum atomic E-state index is 13.3. The molecule has 5 N–H and O–H groups in total. The molecule has 2 saturated carbocycles. The number of carboxylic acids is 1. The minimum absolute atomic E-state index is 0.0289. The van der Waals surface area contributed by atoms with E-state index in [9.17, 15) is 9.59 Å². The number of carbonyl (C=O) groups is 2. The maximum Gasteiger partial charge on any atom is 0.306 e. The summed E-state index contributed by atoms with van der Waals surface area (Å²) in [6, 6.07) is 0. The highest BCUT2D eigenvalue weighted by atomic mass is 16.5. The van der Waals surface area contributed by atoms with Crippen molar-refractivity contribution in [3.63, 3.8) is 0 Å². The fraction of sp³-hybridized carbons (Fsp3) is 0.529. The van der Waals surface area contributed by atoms with Gasteiger partial charge in [0.05, 0.1) is 13.0 Å². The SMILES string of the molecule is CC/C=C(C)/C(=C\C=C(/C)C(=O)/C(NC(OC(C)C1=CNCC=C1)=C1CCC1)=C(/C)N)OC.O=C(O)C1CCCCC1. The summed E-state index contributed by atoms with van der Waals surface area (Å²) in [5, 5.41) is 15.0. The lowest BCUT2D eigenvalue weighted by Gasteiger charge is -2.27. The van der Waals surface area contributed by atoms with Crippen molar-refractivity contribution < 1.29 is 24.2 Å². The number of carbonyl (C=O) groups excluding carboxylic acids is 1. The van der Waals surface area contributed by atoms with Crippen LogP contribution in [0.4, 0.5) is 0 Å². The number of Topliss-reactive ketones (excluding diaryl/α,β-unsaturated/α-hetero) is 1. The number of rotatable bonds is 12. The van der Waals surface area contributed by atoms with Gasteiger partial charge in [0.15, 0.2) is 5.88 Å². The van der Waals surface area contributed by atoms with E-state index in [2.05, 4.69) is 35.8 Å². The van der Waals surface area contributed by atoms with Gasteiger partial charge in [0.25, 0.3) is 0 Å². The first-order valence-corrected chi connectivity index (χ1v) is 15.2. The third-order valence-corrected chi connectivity index (χ3v) is 7.63. The molecule has 0 aromatic rings. The fourth-order valence-corrected chi connectivity index (χ4v) is 4.81. The van der Waals surface area contributed by atoms with Crippen LogP contribution in [0.5, 0.6) is 0 Å². The van der Waals surface area contributed by atoms with Gasteiger partial charge < -0.3 is 30.9 Å². The molecule has 1 unspecified atom stereocenters. The van der Waals surface area contributed by atoms with E-state index < -0.39 is 5.97 Å². The highest BCUT2D eigenvalue weighted by molar-refractivity contribution is 6.08. The Bertz CT molecular complexity index is 1150.